The van der Waals surface area contributed by atoms with Gasteiger partial charge in [-0.05, 0) is 31.5 Å². The predicted octanol–water partition coefficient (Wildman–Crippen LogP) is 2.92. The van der Waals surface area contributed by atoms with E-state index in [1.54, 1.807) is 0 Å². The molecule has 0 bridgehead atoms. The fourth-order valence-corrected chi connectivity index (χ4v) is 2.50. The lowest BCUT2D eigenvalue weighted by Crippen LogP contribution is -2.33. The van der Waals surface area contributed by atoms with E-state index in [1.165, 1.54) is 6.42 Å². The molecule has 3 heteroatoms. The monoisotopic (exact) mass is 237 g/mol. The first-order valence-electron chi connectivity index (χ1n) is 6.74. The van der Waals surface area contributed by atoms with Gasteiger partial charge in [0, 0.05) is 18.9 Å². The molecule has 2 rings (SSSR count). The Hall–Kier alpha value is -0.800. The molecule has 2 unspecified atom stereocenters. The van der Waals surface area contributed by atoms with Crippen molar-refractivity contribution in [3.8, 4) is 0 Å². The largest absolute Gasteiger partial charge is 0.464 e. The minimum Gasteiger partial charge on any atom is -0.464 e. The maximum atomic E-state index is 5.88. The minimum atomic E-state index is 0.306. The Bertz CT molecular complexity index is 329. The van der Waals surface area contributed by atoms with Gasteiger partial charge in [-0.2, -0.15) is 0 Å². The van der Waals surface area contributed by atoms with Crippen molar-refractivity contribution in [1.29, 1.82) is 0 Å². The fourth-order valence-electron chi connectivity index (χ4n) is 2.50. The van der Waals surface area contributed by atoms with Gasteiger partial charge >= 0.3 is 0 Å². The number of hydrogen-bond donors (Lipinski definition) is 1. The highest BCUT2D eigenvalue weighted by Gasteiger charge is 2.27. The van der Waals surface area contributed by atoms with Crippen molar-refractivity contribution in [2.45, 2.75) is 39.2 Å². The Morgan fingerprint density at radius 2 is 2.29 bits per heavy atom. The van der Waals surface area contributed by atoms with Crippen LogP contribution >= 0.6 is 0 Å². The molecule has 2 heterocycles. The molecule has 17 heavy (non-hydrogen) atoms. The Labute approximate surface area is 104 Å². The topological polar surface area (TPSA) is 34.4 Å². The molecular formula is C14H23NO2. The number of aryl methyl sites for hydroxylation is 1. The van der Waals surface area contributed by atoms with E-state index >= 15 is 0 Å². The van der Waals surface area contributed by atoms with Gasteiger partial charge in [0.1, 0.15) is 11.5 Å². The van der Waals surface area contributed by atoms with Gasteiger partial charge in [-0.15, -0.1) is 0 Å². The maximum absolute atomic E-state index is 5.88. The van der Waals surface area contributed by atoms with Crippen LogP contribution in [0.25, 0.3) is 0 Å². The van der Waals surface area contributed by atoms with Gasteiger partial charge in [-0.3, -0.25) is 0 Å². The van der Waals surface area contributed by atoms with Gasteiger partial charge in [0.15, 0.2) is 0 Å². The lowest BCUT2D eigenvalue weighted by molar-refractivity contribution is 0.0357. The van der Waals surface area contributed by atoms with Crippen molar-refractivity contribution in [1.82, 2.24) is 5.32 Å². The number of nitrogens with one attached hydrogen (secondary N) is 1. The summed E-state index contributed by atoms with van der Waals surface area (Å²) < 4.78 is 11.5. The van der Waals surface area contributed by atoms with E-state index in [1.807, 2.05) is 0 Å². The summed E-state index contributed by atoms with van der Waals surface area (Å²) in [5.41, 5.74) is 0. The average molecular weight is 237 g/mol. The molecule has 1 aromatic heterocycles. The number of hydrogen-bond acceptors (Lipinski definition) is 3. The smallest absolute Gasteiger partial charge is 0.121 e. The summed E-state index contributed by atoms with van der Waals surface area (Å²) in [4.78, 5) is 0. The van der Waals surface area contributed by atoms with E-state index in [2.05, 4.69) is 31.3 Å². The molecule has 0 spiro atoms. The molecule has 1 fully saturated rings. The van der Waals surface area contributed by atoms with E-state index in [4.69, 9.17) is 9.15 Å². The molecule has 0 radical (unpaired) electrons. The highest BCUT2D eigenvalue weighted by Crippen LogP contribution is 2.30. The third-order valence-electron chi connectivity index (χ3n) is 3.43. The van der Waals surface area contributed by atoms with Gasteiger partial charge in [-0.1, -0.05) is 13.8 Å². The molecule has 0 aromatic carbocycles. The van der Waals surface area contributed by atoms with Gasteiger partial charge in [0.2, 0.25) is 0 Å². The van der Waals surface area contributed by atoms with Gasteiger partial charge in [0.05, 0.1) is 12.6 Å². The molecule has 0 aliphatic carbocycles. The third kappa shape index (κ3) is 3.11. The Morgan fingerprint density at radius 3 is 2.88 bits per heavy atom. The number of ether oxygens (including phenoxy) is 1. The second-order valence-electron chi connectivity index (χ2n) is 4.67. The summed E-state index contributed by atoms with van der Waals surface area (Å²) in [5.74, 6) is 2.68. The van der Waals surface area contributed by atoms with E-state index in [9.17, 15) is 0 Å². The Morgan fingerprint density at radius 1 is 1.41 bits per heavy atom. The van der Waals surface area contributed by atoms with Gasteiger partial charge < -0.3 is 14.5 Å². The van der Waals surface area contributed by atoms with E-state index in [0.717, 1.165) is 44.1 Å². The second-order valence-corrected chi connectivity index (χ2v) is 4.67. The Balaban J connectivity index is 2.09. The maximum Gasteiger partial charge on any atom is 0.121 e. The number of rotatable bonds is 5. The van der Waals surface area contributed by atoms with Crippen molar-refractivity contribution < 1.29 is 9.15 Å². The first kappa shape index (κ1) is 12.7. The summed E-state index contributed by atoms with van der Waals surface area (Å²) in [6.07, 6.45) is 3.34. The molecular weight excluding hydrogens is 214 g/mol. The summed E-state index contributed by atoms with van der Waals surface area (Å²) in [7, 11) is 0. The minimum absolute atomic E-state index is 0.306. The lowest BCUT2D eigenvalue weighted by Gasteiger charge is -2.29. The van der Waals surface area contributed by atoms with Crippen LogP contribution in [0, 0.1) is 5.92 Å². The van der Waals surface area contributed by atoms with Crippen molar-refractivity contribution in [3.63, 3.8) is 0 Å². The first-order valence-corrected chi connectivity index (χ1v) is 6.74. The summed E-state index contributed by atoms with van der Waals surface area (Å²) in [5, 5.41) is 3.53. The molecule has 2 atom stereocenters. The zero-order chi connectivity index (χ0) is 12.1. The SMILES string of the molecule is CCNC(c1ccc(CC)o1)C1CCCOC1. The van der Waals surface area contributed by atoms with Crippen LogP contribution in [0.2, 0.25) is 0 Å². The van der Waals surface area contributed by atoms with Crippen LogP contribution in [0.15, 0.2) is 16.5 Å². The van der Waals surface area contributed by atoms with Crippen molar-refractivity contribution in [3.05, 3.63) is 23.7 Å². The number of furan rings is 1. The highest BCUT2D eigenvalue weighted by molar-refractivity contribution is 5.12. The third-order valence-corrected chi connectivity index (χ3v) is 3.43. The van der Waals surface area contributed by atoms with Gasteiger partial charge in [0.25, 0.3) is 0 Å². The lowest BCUT2D eigenvalue weighted by atomic mass is 9.92. The van der Waals surface area contributed by atoms with E-state index in [-0.39, 0.29) is 0 Å². The predicted molar refractivity (Wildman–Crippen MR) is 68.0 cm³/mol. The molecule has 3 nitrogen and oxygen atoms in total. The molecule has 0 saturated carbocycles. The highest BCUT2D eigenvalue weighted by atomic mass is 16.5. The van der Waals surface area contributed by atoms with Crippen molar-refractivity contribution >= 4 is 0 Å². The van der Waals surface area contributed by atoms with Crippen LogP contribution in [0.4, 0.5) is 0 Å². The van der Waals surface area contributed by atoms with E-state index in [0.29, 0.717) is 12.0 Å². The zero-order valence-corrected chi connectivity index (χ0v) is 10.9. The molecule has 0 amide bonds. The molecule has 1 aromatic rings. The zero-order valence-electron chi connectivity index (χ0n) is 10.9. The summed E-state index contributed by atoms with van der Waals surface area (Å²) in [6.45, 7) is 6.98. The average Bonchev–Trinajstić information content (AvgIpc) is 2.85. The molecule has 1 aliphatic heterocycles. The van der Waals surface area contributed by atoms with Crippen LogP contribution in [0.3, 0.4) is 0 Å². The van der Waals surface area contributed by atoms with Crippen LogP contribution in [0.1, 0.15) is 44.3 Å². The van der Waals surface area contributed by atoms with Crippen LogP contribution in [-0.4, -0.2) is 19.8 Å². The van der Waals surface area contributed by atoms with Crippen LogP contribution in [-0.2, 0) is 11.2 Å². The normalized spacial score (nSPS) is 22.6. The molecule has 1 aliphatic rings. The summed E-state index contributed by atoms with van der Waals surface area (Å²) in [6, 6.07) is 4.50. The van der Waals surface area contributed by atoms with E-state index < -0.39 is 0 Å². The molecule has 1 N–H and O–H groups in total. The summed E-state index contributed by atoms with van der Waals surface area (Å²) >= 11 is 0. The fraction of sp³-hybridized carbons (Fsp3) is 0.714. The van der Waals surface area contributed by atoms with Crippen LogP contribution in [0.5, 0.6) is 0 Å². The Kier molecular flexibility index (Phi) is 4.63. The molecule has 96 valence electrons. The molecule has 1 saturated heterocycles. The quantitative estimate of drug-likeness (QED) is 0.855. The van der Waals surface area contributed by atoms with Crippen molar-refractivity contribution in [2.24, 2.45) is 5.92 Å². The van der Waals surface area contributed by atoms with Crippen molar-refractivity contribution in [2.75, 3.05) is 19.8 Å². The standard InChI is InChI=1S/C14H23NO2/c1-3-12-7-8-13(17-12)14(15-4-2)11-6-5-9-16-10-11/h7-8,11,14-15H,3-6,9-10H2,1-2H3. The van der Waals surface area contributed by atoms with Gasteiger partial charge in [-0.25, -0.2) is 0 Å². The van der Waals surface area contributed by atoms with Crippen LogP contribution < -0.4 is 5.32 Å². The second kappa shape index (κ2) is 6.22. The first-order chi connectivity index (χ1) is 8.35.